The van der Waals surface area contributed by atoms with E-state index in [1.165, 1.54) is 0 Å². The highest BCUT2D eigenvalue weighted by Gasteiger charge is 2.27. The number of carbonyl (C=O) groups excluding carboxylic acids is 3. The van der Waals surface area contributed by atoms with E-state index in [1.54, 1.807) is 14.2 Å². The van der Waals surface area contributed by atoms with Gasteiger partial charge in [0.1, 0.15) is 18.1 Å². The zero-order chi connectivity index (χ0) is 33.3. The fourth-order valence-corrected chi connectivity index (χ4v) is 4.98. The molecule has 1 aliphatic rings. The van der Waals surface area contributed by atoms with Crippen molar-refractivity contribution in [3.05, 3.63) is 89.8 Å². The first-order valence-corrected chi connectivity index (χ1v) is 15.7. The van der Waals surface area contributed by atoms with Crippen LogP contribution in [-0.4, -0.2) is 78.1 Å². The SMILES string of the molecule is COc1ccc(CC[CH]c2cccc(OCC(=O)NCCOCCOCCOc3ccc(C4CCC(=O)NC4=O)cc3)c2)cc1OC. The van der Waals surface area contributed by atoms with Crippen molar-refractivity contribution >= 4 is 17.7 Å². The van der Waals surface area contributed by atoms with Gasteiger partial charge in [0.2, 0.25) is 11.8 Å². The number of methoxy groups -OCH3 is 2. The van der Waals surface area contributed by atoms with Crippen molar-refractivity contribution in [2.45, 2.75) is 31.6 Å². The number of hydrogen-bond donors (Lipinski definition) is 2. The maximum atomic E-state index is 12.2. The summed E-state index contributed by atoms with van der Waals surface area (Å²) in [5, 5.41) is 5.16. The second kappa shape index (κ2) is 19.1. The molecule has 1 aliphatic heterocycles. The minimum absolute atomic E-state index is 0.0855. The minimum Gasteiger partial charge on any atom is -0.493 e. The summed E-state index contributed by atoms with van der Waals surface area (Å²) in [7, 11) is 3.25. The zero-order valence-corrected chi connectivity index (χ0v) is 27.0. The van der Waals surface area contributed by atoms with E-state index in [0.29, 0.717) is 75.4 Å². The van der Waals surface area contributed by atoms with Crippen molar-refractivity contribution in [1.82, 2.24) is 10.6 Å². The Morgan fingerprint density at radius 2 is 1.62 bits per heavy atom. The molecule has 11 heteroatoms. The van der Waals surface area contributed by atoms with Crippen molar-refractivity contribution in [3.8, 4) is 23.0 Å². The lowest BCUT2D eigenvalue weighted by molar-refractivity contribution is -0.134. The van der Waals surface area contributed by atoms with Gasteiger partial charge in [-0.1, -0.05) is 30.3 Å². The van der Waals surface area contributed by atoms with Gasteiger partial charge < -0.3 is 33.7 Å². The Hall–Kier alpha value is -4.61. The van der Waals surface area contributed by atoms with Gasteiger partial charge in [-0.15, -0.1) is 0 Å². The van der Waals surface area contributed by atoms with Crippen LogP contribution in [0.2, 0.25) is 0 Å². The van der Waals surface area contributed by atoms with Gasteiger partial charge in [0.25, 0.3) is 5.91 Å². The molecule has 0 spiro atoms. The Balaban J connectivity index is 0.994. The average Bonchev–Trinajstić information content (AvgIpc) is 3.08. The van der Waals surface area contributed by atoms with Crippen molar-refractivity contribution in [1.29, 1.82) is 0 Å². The van der Waals surface area contributed by atoms with E-state index in [1.807, 2.05) is 66.7 Å². The predicted octanol–water partition coefficient (Wildman–Crippen LogP) is 4.02. The summed E-state index contributed by atoms with van der Waals surface area (Å²) in [6, 6.07) is 20.9. The Labute approximate surface area is 275 Å². The van der Waals surface area contributed by atoms with Crippen molar-refractivity contribution in [2.24, 2.45) is 0 Å². The molecule has 0 bridgehead atoms. The van der Waals surface area contributed by atoms with Crippen LogP contribution in [0.15, 0.2) is 66.7 Å². The van der Waals surface area contributed by atoms with Gasteiger partial charge in [-0.3, -0.25) is 19.7 Å². The van der Waals surface area contributed by atoms with Gasteiger partial charge >= 0.3 is 0 Å². The molecule has 1 saturated heterocycles. The lowest BCUT2D eigenvalue weighted by atomic mass is 9.90. The molecule has 2 N–H and O–H groups in total. The fourth-order valence-electron chi connectivity index (χ4n) is 4.98. The highest BCUT2D eigenvalue weighted by molar-refractivity contribution is 6.00. The first-order chi connectivity index (χ1) is 22.9. The highest BCUT2D eigenvalue weighted by Crippen LogP contribution is 2.29. The number of carbonyl (C=O) groups is 3. The minimum atomic E-state index is -0.312. The van der Waals surface area contributed by atoms with Crippen molar-refractivity contribution < 1.29 is 42.8 Å². The Kier molecular flexibility index (Phi) is 14.4. The van der Waals surface area contributed by atoms with E-state index in [9.17, 15) is 14.4 Å². The first-order valence-electron chi connectivity index (χ1n) is 15.7. The monoisotopic (exact) mass is 647 g/mol. The first kappa shape index (κ1) is 35.2. The Morgan fingerprint density at radius 3 is 2.38 bits per heavy atom. The number of hydrogen-bond acceptors (Lipinski definition) is 9. The molecular formula is C36H43N2O9. The molecule has 1 atom stereocenters. The molecule has 47 heavy (non-hydrogen) atoms. The van der Waals surface area contributed by atoms with E-state index in [2.05, 4.69) is 17.1 Å². The zero-order valence-electron chi connectivity index (χ0n) is 27.0. The van der Waals surface area contributed by atoms with Gasteiger partial charge in [-0.2, -0.15) is 0 Å². The molecule has 11 nitrogen and oxygen atoms in total. The van der Waals surface area contributed by atoms with Crippen LogP contribution in [0.3, 0.4) is 0 Å². The summed E-state index contributed by atoms with van der Waals surface area (Å²) in [4.78, 5) is 35.5. The van der Waals surface area contributed by atoms with Crippen LogP contribution in [0.5, 0.6) is 23.0 Å². The van der Waals surface area contributed by atoms with E-state index in [0.717, 1.165) is 29.5 Å². The fraction of sp³-hybridized carbons (Fsp3) is 0.389. The number of aryl methyl sites for hydroxylation is 1. The summed E-state index contributed by atoms with van der Waals surface area (Å²) in [5.41, 5.74) is 3.03. The summed E-state index contributed by atoms with van der Waals surface area (Å²) in [5.74, 6) is 1.71. The molecule has 1 fully saturated rings. The predicted molar refractivity (Wildman–Crippen MR) is 175 cm³/mol. The molecule has 0 aromatic heterocycles. The van der Waals surface area contributed by atoms with E-state index in [4.69, 9.17) is 28.4 Å². The summed E-state index contributed by atoms with van der Waals surface area (Å²) in [6.45, 7) is 2.19. The van der Waals surface area contributed by atoms with E-state index in [-0.39, 0.29) is 30.2 Å². The standard InChI is InChI=1S/C36H43N2O9/c1-42-32-15-9-27(24-33(32)43-2)6-3-5-26-7-4-8-30(23-26)47-25-35(40)37-17-18-44-19-20-45-21-22-46-29-12-10-28(11-13-29)31-14-16-34(39)38-36(31)41/h4-5,7-13,15,23-24,31H,3,6,14,16-22,25H2,1-2H3,(H,37,40)(H,38,39,41). The number of piperidine rings is 1. The molecule has 0 saturated carbocycles. The second-order valence-electron chi connectivity index (χ2n) is 10.8. The Bertz CT molecular complexity index is 1440. The van der Waals surface area contributed by atoms with Gasteiger partial charge in [-0.05, 0) is 78.8 Å². The van der Waals surface area contributed by atoms with E-state index < -0.39 is 0 Å². The van der Waals surface area contributed by atoms with E-state index >= 15 is 0 Å². The summed E-state index contributed by atoms with van der Waals surface area (Å²) < 4.78 is 33.1. The van der Waals surface area contributed by atoms with Crippen LogP contribution < -0.4 is 29.6 Å². The third-order valence-electron chi connectivity index (χ3n) is 7.45. The van der Waals surface area contributed by atoms with Crippen LogP contribution in [0.4, 0.5) is 0 Å². The van der Waals surface area contributed by atoms with Crippen LogP contribution in [-0.2, 0) is 30.3 Å². The average molecular weight is 648 g/mol. The number of nitrogens with one attached hydrogen (secondary N) is 2. The lowest BCUT2D eigenvalue weighted by Crippen LogP contribution is -2.39. The van der Waals surface area contributed by atoms with Gasteiger partial charge in [0.15, 0.2) is 18.1 Å². The second-order valence-corrected chi connectivity index (χ2v) is 10.8. The van der Waals surface area contributed by atoms with Crippen LogP contribution >= 0.6 is 0 Å². The number of amides is 3. The number of ether oxygens (including phenoxy) is 6. The quantitative estimate of drug-likeness (QED) is 0.138. The largest absolute Gasteiger partial charge is 0.493 e. The smallest absolute Gasteiger partial charge is 0.258 e. The Morgan fingerprint density at radius 1 is 0.851 bits per heavy atom. The van der Waals surface area contributed by atoms with Gasteiger partial charge in [0, 0.05) is 13.0 Å². The maximum Gasteiger partial charge on any atom is 0.258 e. The molecule has 3 aromatic rings. The maximum absolute atomic E-state index is 12.2. The van der Waals surface area contributed by atoms with Crippen LogP contribution in [0, 0.1) is 6.42 Å². The van der Waals surface area contributed by atoms with Gasteiger partial charge in [-0.25, -0.2) is 0 Å². The lowest BCUT2D eigenvalue weighted by Gasteiger charge is -2.21. The van der Waals surface area contributed by atoms with Crippen molar-refractivity contribution in [2.75, 3.05) is 60.4 Å². The van der Waals surface area contributed by atoms with Crippen molar-refractivity contribution in [3.63, 3.8) is 0 Å². The number of benzene rings is 3. The van der Waals surface area contributed by atoms with Crippen LogP contribution in [0.25, 0.3) is 0 Å². The number of imide groups is 1. The topological polar surface area (TPSA) is 131 Å². The molecule has 1 heterocycles. The highest BCUT2D eigenvalue weighted by atomic mass is 16.5. The molecule has 1 radical (unpaired) electrons. The normalized spacial score (nSPS) is 14.3. The summed E-state index contributed by atoms with van der Waals surface area (Å²) >= 11 is 0. The molecule has 1 unspecified atom stereocenters. The molecular weight excluding hydrogens is 604 g/mol. The molecule has 0 aliphatic carbocycles. The number of rotatable bonds is 20. The molecule has 251 valence electrons. The molecule has 4 rings (SSSR count). The third-order valence-corrected chi connectivity index (χ3v) is 7.45. The van der Waals surface area contributed by atoms with Gasteiger partial charge in [0.05, 0.1) is 46.6 Å². The summed E-state index contributed by atoms with van der Waals surface area (Å²) in [6.07, 6.45) is 4.68. The third kappa shape index (κ3) is 11.9. The molecule has 3 amide bonds. The molecule has 3 aromatic carbocycles. The van der Waals surface area contributed by atoms with Crippen LogP contribution in [0.1, 0.15) is 41.9 Å².